The zero-order chi connectivity index (χ0) is 27.5. The summed E-state index contributed by atoms with van der Waals surface area (Å²) in [4.78, 5) is 13.2. The van der Waals surface area contributed by atoms with Gasteiger partial charge in [0.15, 0.2) is 0 Å². The van der Waals surface area contributed by atoms with Crippen molar-refractivity contribution in [1.29, 1.82) is 0 Å². The van der Waals surface area contributed by atoms with E-state index in [0.29, 0.717) is 24.8 Å². The van der Waals surface area contributed by atoms with Crippen molar-refractivity contribution in [2.75, 3.05) is 0 Å². The van der Waals surface area contributed by atoms with Crippen LogP contribution >= 0.6 is 0 Å². The van der Waals surface area contributed by atoms with Gasteiger partial charge in [-0.1, -0.05) is 41.8 Å². The van der Waals surface area contributed by atoms with Gasteiger partial charge in [0, 0.05) is 22.9 Å². The van der Waals surface area contributed by atoms with Gasteiger partial charge in [0.2, 0.25) is 0 Å². The molecule has 0 radical (unpaired) electrons. The van der Waals surface area contributed by atoms with Crippen LogP contribution in [0.3, 0.4) is 0 Å². The average molecular weight is 536 g/mol. The largest absolute Gasteiger partial charge is 0.394 e. The molecule has 0 spiro atoms. The first-order valence-corrected chi connectivity index (χ1v) is 13.2. The molecule has 3 aliphatic rings. The van der Waals surface area contributed by atoms with Crippen LogP contribution in [0.2, 0.25) is 0 Å². The van der Waals surface area contributed by atoms with Gasteiger partial charge in [-0.15, -0.1) is 0 Å². The summed E-state index contributed by atoms with van der Waals surface area (Å²) in [6.07, 6.45) is 2.81. The molecule has 1 amide bonds. The van der Waals surface area contributed by atoms with Crippen LogP contribution in [0.1, 0.15) is 53.4 Å². The summed E-state index contributed by atoms with van der Waals surface area (Å²) in [5.74, 6) is -2.86. The molecule has 0 saturated heterocycles. The Bertz CT molecular complexity index is 1500. The number of carbonyl (C=O) groups excluding carboxylic acids is 1. The summed E-state index contributed by atoms with van der Waals surface area (Å²) in [5, 5.41) is 7.37. The van der Waals surface area contributed by atoms with Gasteiger partial charge in [0.05, 0.1) is 23.5 Å². The maximum absolute atomic E-state index is 14.3. The van der Waals surface area contributed by atoms with Crippen LogP contribution in [0, 0.1) is 30.0 Å². The molecular formula is C31H29F4N3O. The molecule has 0 unspecified atom stereocenters. The highest BCUT2D eigenvalue weighted by molar-refractivity contribution is 5.94. The quantitative estimate of drug-likeness (QED) is 0.291. The third-order valence-corrected chi connectivity index (χ3v) is 8.74. The Morgan fingerprint density at radius 1 is 1.15 bits per heavy atom. The molecule has 2 aromatic carbocycles. The molecule has 202 valence electrons. The number of amides is 1. The second kappa shape index (κ2) is 9.21. The Kier molecular flexibility index (Phi) is 6.04. The Hall–Kier alpha value is -3.68. The molecule has 3 aliphatic carbocycles. The molecule has 1 saturated carbocycles. The number of aromatic nitrogens is 2. The Morgan fingerprint density at radius 2 is 1.92 bits per heavy atom. The summed E-state index contributed by atoms with van der Waals surface area (Å²) in [7, 11) is 0. The van der Waals surface area contributed by atoms with E-state index in [0.717, 1.165) is 33.7 Å². The topological polar surface area (TPSA) is 46.9 Å². The average Bonchev–Trinajstić information content (AvgIpc) is 3.29. The monoisotopic (exact) mass is 535 g/mol. The van der Waals surface area contributed by atoms with Gasteiger partial charge in [-0.3, -0.25) is 4.79 Å². The number of allylic oxidation sites excluding steroid dienone is 2. The lowest BCUT2D eigenvalue weighted by Crippen LogP contribution is -2.55. The van der Waals surface area contributed by atoms with Crippen LogP contribution < -0.4 is 5.32 Å². The number of aryl methyl sites for hydroxylation is 1. The summed E-state index contributed by atoms with van der Waals surface area (Å²) in [5.41, 5.74) is 5.55. The molecule has 4 nitrogen and oxygen atoms in total. The first-order valence-electron chi connectivity index (χ1n) is 13.2. The minimum Gasteiger partial charge on any atom is -0.348 e. The van der Waals surface area contributed by atoms with Crippen molar-refractivity contribution in [3.05, 3.63) is 100 Å². The van der Waals surface area contributed by atoms with Crippen LogP contribution in [0.5, 0.6) is 0 Å². The molecular weight excluding hydrogens is 506 g/mol. The minimum absolute atomic E-state index is 0.168. The van der Waals surface area contributed by atoms with Crippen molar-refractivity contribution >= 4 is 12.0 Å². The second-order valence-corrected chi connectivity index (χ2v) is 11.2. The molecule has 1 heterocycles. The fraction of sp³-hybridized carbons (Fsp3) is 0.355. The van der Waals surface area contributed by atoms with E-state index in [4.69, 9.17) is 0 Å². The van der Waals surface area contributed by atoms with Crippen molar-refractivity contribution in [3.8, 4) is 5.69 Å². The van der Waals surface area contributed by atoms with Gasteiger partial charge in [-0.2, -0.15) is 18.3 Å². The lowest BCUT2D eigenvalue weighted by molar-refractivity contribution is -0.186. The second-order valence-electron chi connectivity index (χ2n) is 11.2. The van der Waals surface area contributed by atoms with Gasteiger partial charge >= 0.3 is 6.18 Å². The van der Waals surface area contributed by atoms with Gasteiger partial charge in [-0.25, -0.2) is 9.07 Å². The number of halogens is 4. The van der Waals surface area contributed by atoms with Crippen LogP contribution in [0.4, 0.5) is 17.6 Å². The number of nitrogens with zero attached hydrogens (tertiary/aromatic N) is 2. The SMILES string of the molecule is Cc1cccc(C(=O)N[C@H]2[C@H](C(F)(F)F)CC=C3[C@@H]2CCC2=Cc4c(cnn4-c4ccc(F)cc4)C[C@@]23C)c1. The number of fused-ring (bicyclic) bond motifs is 4. The predicted molar refractivity (Wildman–Crippen MR) is 141 cm³/mol. The molecule has 0 aliphatic heterocycles. The zero-order valence-corrected chi connectivity index (χ0v) is 21.7. The number of rotatable bonds is 3. The Balaban J connectivity index is 1.35. The number of alkyl halides is 3. The molecule has 1 fully saturated rings. The fourth-order valence-corrected chi connectivity index (χ4v) is 6.79. The van der Waals surface area contributed by atoms with Crippen molar-refractivity contribution in [3.63, 3.8) is 0 Å². The maximum atomic E-state index is 14.3. The first kappa shape index (κ1) is 25.6. The van der Waals surface area contributed by atoms with E-state index < -0.39 is 35.4 Å². The van der Waals surface area contributed by atoms with Crippen LogP contribution in [0.25, 0.3) is 11.8 Å². The minimum atomic E-state index is -4.43. The van der Waals surface area contributed by atoms with Crippen molar-refractivity contribution in [2.45, 2.75) is 51.7 Å². The number of hydrogen-bond donors (Lipinski definition) is 1. The van der Waals surface area contributed by atoms with Gasteiger partial charge in [0.25, 0.3) is 5.91 Å². The fourth-order valence-electron chi connectivity index (χ4n) is 6.79. The van der Waals surface area contributed by atoms with Gasteiger partial charge in [-0.05, 0) is 80.6 Å². The molecule has 39 heavy (non-hydrogen) atoms. The van der Waals surface area contributed by atoms with Crippen molar-refractivity contribution in [2.24, 2.45) is 17.3 Å². The lowest BCUT2D eigenvalue weighted by Gasteiger charge is -2.51. The summed E-state index contributed by atoms with van der Waals surface area (Å²) in [6.45, 7) is 3.95. The van der Waals surface area contributed by atoms with Crippen LogP contribution in [0.15, 0.2) is 72.0 Å². The maximum Gasteiger partial charge on any atom is 0.394 e. The normalized spacial score (nSPS) is 26.1. The van der Waals surface area contributed by atoms with E-state index in [1.807, 2.05) is 13.0 Å². The predicted octanol–water partition coefficient (Wildman–Crippen LogP) is 6.98. The third kappa shape index (κ3) is 4.39. The Labute approximate surface area is 224 Å². The molecule has 8 heteroatoms. The zero-order valence-electron chi connectivity index (χ0n) is 21.7. The first-order chi connectivity index (χ1) is 18.5. The summed E-state index contributed by atoms with van der Waals surface area (Å²) in [6, 6.07) is 12.0. The lowest BCUT2D eigenvalue weighted by atomic mass is 9.55. The van der Waals surface area contributed by atoms with E-state index >= 15 is 0 Å². The molecule has 1 aromatic heterocycles. The smallest absolute Gasteiger partial charge is 0.348 e. The standard InChI is InChI=1S/C31H29F4N3O/c1-18-4-3-5-19(14-18)29(39)37-28-24-11-6-21-15-27-20(17-36-38(27)23-9-7-22(32)8-10-23)16-30(21,2)25(24)12-13-26(28)31(33,34)35/h3-5,7-10,12,14-15,17,24,26,28H,6,11,13,16H2,1-2H3,(H,37,39)/t24-,26+,28+,30-/m0/s1. The molecule has 3 aromatic rings. The number of benzene rings is 2. The van der Waals surface area contributed by atoms with E-state index in [9.17, 15) is 22.4 Å². The number of hydrogen-bond acceptors (Lipinski definition) is 2. The van der Waals surface area contributed by atoms with E-state index in [2.05, 4.69) is 23.4 Å². The van der Waals surface area contributed by atoms with Crippen molar-refractivity contribution in [1.82, 2.24) is 15.1 Å². The number of nitrogens with one attached hydrogen (secondary N) is 1. The molecule has 1 N–H and O–H groups in total. The van der Waals surface area contributed by atoms with E-state index in [-0.39, 0.29) is 12.2 Å². The Morgan fingerprint density at radius 3 is 2.64 bits per heavy atom. The molecule has 4 atom stereocenters. The van der Waals surface area contributed by atoms with E-state index in [1.54, 1.807) is 47.3 Å². The molecule has 6 rings (SSSR count). The summed E-state index contributed by atoms with van der Waals surface area (Å²) >= 11 is 0. The number of carbonyl (C=O) groups is 1. The highest BCUT2D eigenvalue weighted by Crippen LogP contribution is 2.57. The van der Waals surface area contributed by atoms with E-state index in [1.165, 1.54) is 12.1 Å². The van der Waals surface area contributed by atoms with Crippen molar-refractivity contribution < 1.29 is 22.4 Å². The summed E-state index contributed by atoms with van der Waals surface area (Å²) < 4.78 is 58.0. The van der Waals surface area contributed by atoms with Crippen LogP contribution in [-0.4, -0.2) is 27.9 Å². The highest BCUT2D eigenvalue weighted by atomic mass is 19.4. The molecule has 0 bridgehead atoms. The van der Waals surface area contributed by atoms with Gasteiger partial charge < -0.3 is 5.32 Å². The highest BCUT2D eigenvalue weighted by Gasteiger charge is 2.54. The van der Waals surface area contributed by atoms with Gasteiger partial charge in [0.1, 0.15) is 5.82 Å². The van der Waals surface area contributed by atoms with Crippen LogP contribution in [-0.2, 0) is 6.42 Å². The third-order valence-electron chi connectivity index (χ3n) is 8.74.